The van der Waals surface area contributed by atoms with Crippen LogP contribution in [0.1, 0.15) is 57.1 Å². The summed E-state index contributed by atoms with van der Waals surface area (Å²) in [6.07, 6.45) is 4.71. The molecule has 0 spiro atoms. The summed E-state index contributed by atoms with van der Waals surface area (Å²) in [5.41, 5.74) is 3.08. The van der Waals surface area contributed by atoms with Crippen molar-refractivity contribution < 1.29 is 9.59 Å². The highest BCUT2D eigenvalue weighted by Crippen LogP contribution is 2.27. The molecule has 0 aliphatic heterocycles. The van der Waals surface area contributed by atoms with E-state index in [0.717, 1.165) is 55.6 Å². The Balaban J connectivity index is 1.88. The standard InChI is InChI=1S/C22H35N3O2/c1-5-12-24(13-6-2)22(27)11-14-25(19-9-10-19)16-21(26)23-20-15-17(3)7-8-18(20)4/h7-8,15,19H,5-6,9-14,16H2,1-4H3,(H,23,26). The van der Waals surface area contributed by atoms with E-state index < -0.39 is 0 Å². The van der Waals surface area contributed by atoms with E-state index >= 15 is 0 Å². The van der Waals surface area contributed by atoms with Gasteiger partial charge >= 0.3 is 0 Å². The highest BCUT2D eigenvalue weighted by Gasteiger charge is 2.30. The van der Waals surface area contributed by atoms with Crippen molar-refractivity contribution in [1.29, 1.82) is 0 Å². The quantitative estimate of drug-likeness (QED) is 0.643. The Morgan fingerprint density at radius 3 is 2.33 bits per heavy atom. The fourth-order valence-corrected chi connectivity index (χ4v) is 3.37. The van der Waals surface area contributed by atoms with E-state index in [4.69, 9.17) is 0 Å². The molecule has 2 amide bonds. The number of hydrogen-bond acceptors (Lipinski definition) is 3. The van der Waals surface area contributed by atoms with Crippen LogP contribution in [0.25, 0.3) is 0 Å². The van der Waals surface area contributed by atoms with E-state index in [1.54, 1.807) is 0 Å². The Morgan fingerprint density at radius 2 is 1.74 bits per heavy atom. The first-order valence-corrected chi connectivity index (χ1v) is 10.3. The minimum absolute atomic E-state index is 0.00187. The summed E-state index contributed by atoms with van der Waals surface area (Å²) in [6, 6.07) is 6.53. The van der Waals surface area contributed by atoms with Gasteiger partial charge in [0.05, 0.1) is 6.54 Å². The molecule has 27 heavy (non-hydrogen) atoms. The lowest BCUT2D eigenvalue weighted by Crippen LogP contribution is -2.39. The van der Waals surface area contributed by atoms with Gasteiger partial charge in [-0.05, 0) is 56.7 Å². The topological polar surface area (TPSA) is 52.7 Å². The van der Waals surface area contributed by atoms with Crippen LogP contribution in [0, 0.1) is 13.8 Å². The molecule has 1 N–H and O–H groups in total. The predicted octanol–water partition coefficient (Wildman–Crippen LogP) is 3.75. The summed E-state index contributed by atoms with van der Waals surface area (Å²) in [5, 5.41) is 3.04. The molecule has 2 rings (SSSR count). The van der Waals surface area contributed by atoms with Gasteiger partial charge in [-0.15, -0.1) is 0 Å². The van der Waals surface area contributed by atoms with Crippen molar-refractivity contribution in [2.75, 3.05) is 31.5 Å². The van der Waals surface area contributed by atoms with Gasteiger partial charge in [-0.3, -0.25) is 14.5 Å². The van der Waals surface area contributed by atoms with Crippen molar-refractivity contribution in [2.45, 2.75) is 65.8 Å². The largest absolute Gasteiger partial charge is 0.343 e. The molecule has 0 aromatic heterocycles. The predicted molar refractivity (Wildman–Crippen MR) is 111 cm³/mol. The summed E-state index contributed by atoms with van der Waals surface area (Å²) in [6.45, 7) is 10.9. The molecular formula is C22H35N3O2. The Kier molecular flexibility index (Phi) is 8.29. The first kappa shape index (κ1) is 21.4. The van der Waals surface area contributed by atoms with Gasteiger partial charge in [0.1, 0.15) is 0 Å². The molecule has 0 radical (unpaired) electrons. The van der Waals surface area contributed by atoms with Crippen molar-refractivity contribution in [2.24, 2.45) is 0 Å². The minimum atomic E-state index is 0.00187. The maximum absolute atomic E-state index is 12.6. The number of anilines is 1. The second-order valence-corrected chi connectivity index (χ2v) is 7.70. The van der Waals surface area contributed by atoms with E-state index in [0.29, 0.717) is 25.6 Å². The van der Waals surface area contributed by atoms with Crippen LogP contribution in [0.3, 0.4) is 0 Å². The molecule has 0 heterocycles. The van der Waals surface area contributed by atoms with Crippen molar-refractivity contribution in [1.82, 2.24) is 9.80 Å². The summed E-state index contributed by atoms with van der Waals surface area (Å²) in [7, 11) is 0. The number of carbonyl (C=O) groups excluding carboxylic acids is 2. The van der Waals surface area contributed by atoms with Crippen LogP contribution in [-0.4, -0.2) is 53.8 Å². The normalized spacial score (nSPS) is 13.7. The van der Waals surface area contributed by atoms with E-state index in [1.165, 1.54) is 0 Å². The monoisotopic (exact) mass is 373 g/mol. The molecule has 1 aliphatic carbocycles. The highest BCUT2D eigenvalue weighted by atomic mass is 16.2. The molecular weight excluding hydrogens is 338 g/mol. The smallest absolute Gasteiger partial charge is 0.238 e. The van der Waals surface area contributed by atoms with Crippen molar-refractivity contribution in [3.8, 4) is 0 Å². The SMILES string of the molecule is CCCN(CCC)C(=O)CCN(CC(=O)Nc1cc(C)ccc1C)C1CC1. The van der Waals surface area contributed by atoms with Crippen LogP contribution in [-0.2, 0) is 9.59 Å². The van der Waals surface area contributed by atoms with Gasteiger partial charge in [0.25, 0.3) is 0 Å². The summed E-state index contributed by atoms with van der Waals surface area (Å²) < 4.78 is 0. The van der Waals surface area contributed by atoms with E-state index in [-0.39, 0.29) is 11.8 Å². The number of aryl methyl sites for hydroxylation is 2. The summed E-state index contributed by atoms with van der Waals surface area (Å²) in [4.78, 5) is 29.2. The molecule has 1 fully saturated rings. The van der Waals surface area contributed by atoms with Crippen molar-refractivity contribution in [3.63, 3.8) is 0 Å². The zero-order chi connectivity index (χ0) is 19.8. The van der Waals surface area contributed by atoms with Crippen LogP contribution < -0.4 is 5.32 Å². The first-order valence-electron chi connectivity index (χ1n) is 10.3. The third kappa shape index (κ3) is 6.98. The third-order valence-electron chi connectivity index (χ3n) is 5.03. The molecule has 5 nitrogen and oxygen atoms in total. The Bertz CT molecular complexity index is 634. The molecule has 1 saturated carbocycles. The lowest BCUT2D eigenvalue weighted by molar-refractivity contribution is -0.132. The third-order valence-corrected chi connectivity index (χ3v) is 5.03. The molecule has 1 aromatic rings. The average molecular weight is 374 g/mol. The molecule has 1 aliphatic rings. The minimum Gasteiger partial charge on any atom is -0.343 e. The second-order valence-electron chi connectivity index (χ2n) is 7.70. The molecule has 0 atom stereocenters. The lowest BCUT2D eigenvalue weighted by Gasteiger charge is -2.25. The number of carbonyl (C=O) groups is 2. The number of nitrogens with one attached hydrogen (secondary N) is 1. The number of nitrogens with zero attached hydrogens (tertiary/aromatic N) is 2. The van der Waals surface area contributed by atoms with Gasteiger partial charge in [-0.2, -0.15) is 0 Å². The summed E-state index contributed by atoms with van der Waals surface area (Å²) in [5.74, 6) is 0.210. The second kappa shape index (κ2) is 10.5. The van der Waals surface area contributed by atoms with Crippen LogP contribution in [0.4, 0.5) is 5.69 Å². The molecule has 150 valence electrons. The Morgan fingerprint density at radius 1 is 1.07 bits per heavy atom. The number of benzene rings is 1. The molecule has 5 heteroatoms. The van der Waals surface area contributed by atoms with Gasteiger partial charge < -0.3 is 10.2 Å². The van der Waals surface area contributed by atoms with Crippen LogP contribution in [0.2, 0.25) is 0 Å². The Hall–Kier alpha value is -1.88. The average Bonchev–Trinajstić information content (AvgIpc) is 3.46. The fourth-order valence-electron chi connectivity index (χ4n) is 3.37. The summed E-state index contributed by atoms with van der Waals surface area (Å²) >= 11 is 0. The number of amides is 2. The molecule has 0 unspecified atom stereocenters. The zero-order valence-corrected chi connectivity index (χ0v) is 17.4. The van der Waals surface area contributed by atoms with Crippen LogP contribution in [0.15, 0.2) is 18.2 Å². The van der Waals surface area contributed by atoms with Gasteiger partial charge in [0.15, 0.2) is 0 Å². The van der Waals surface area contributed by atoms with Gasteiger partial charge in [-0.1, -0.05) is 26.0 Å². The molecule has 0 saturated heterocycles. The van der Waals surface area contributed by atoms with Crippen molar-refractivity contribution in [3.05, 3.63) is 29.3 Å². The van der Waals surface area contributed by atoms with E-state index in [1.807, 2.05) is 36.9 Å². The highest BCUT2D eigenvalue weighted by molar-refractivity contribution is 5.93. The fraction of sp³-hybridized carbons (Fsp3) is 0.636. The lowest BCUT2D eigenvalue weighted by atomic mass is 10.1. The number of hydrogen-bond donors (Lipinski definition) is 1. The van der Waals surface area contributed by atoms with Crippen LogP contribution >= 0.6 is 0 Å². The van der Waals surface area contributed by atoms with Gasteiger partial charge in [-0.25, -0.2) is 0 Å². The molecule has 1 aromatic carbocycles. The zero-order valence-electron chi connectivity index (χ0n) is 17.4. The molecule has 0 bridgehead atoms. The maximum atomic E-state index is 12.6. The van der Waals surface area contributed by atoms with Gasteiger partial charge in [0, 0.05) is 37.8 Å². The Labute approximate surface area is 164 Å². The maximum Gasteiger partial charge on any atom is 0.238 e. The van der Waals surface area contributed by atoms with Gasteiger partial charge in [0.2, 0.25) is 11.8 Å². The van der Waals surface area contributed by atoms with E-state index in [2.05, 4.69) is 24.1 Å². The van der Waals surface area contributed by atoms with Crippen molar-refractivity contribution >= 4 is 17.5 Å². The van der Waals surface area contributed by atoms with E-state index in [9.17, 15) is 9.59 Å². The number of rotatable bonds is 11. The van der Waals surface area contributed by atoms with Crippen LogP contribution in [0.5, 0.6) is 0 Å². The first-order chi connectivity index (χ1) is 12.9.